The first kappa shape index (κ1) is 12.1. The number of hydrogen-bond acceptors (Lipinski definition) is 3. The highest BCUT2D eigenvalue weighted by Crippen LogP contribution is 2.27. The average molecular weight is 291 g/mol. The van der Waals surface area contributed by atoms with Crippen LogP contribution in [0.25, 0.3) is 6.08 Å². The molecule has 0 atom stereocenters. The Hall–Kier alpha value is -1.000. The second-order valence-electron chi connectivity index (χ2n) is 2.73. The standard InChI is InChI=1S/C10H9BrClNO2/c1-15-10(14)8(13)5-6-3-2-4-7(12)9(6)11/h2-5H,13H2,1H3/b8-5-. The molecular weight excluding hydrogens is 281 g/mol. The van der Waals surface area contributed by atoms with Crippen molar-refractivity contribution < 1.29 is 9.53 Å². The first-order valence-corrected chi connectivity index (χ1v) is 5.23. The molecule has 0 saturated heterocycles. The van der Waals surface area contributed by atoms with Gasteiger partial charge in [0.15, 0.2) is 0 Å². The van der Waals surface area contributed by atoms with Crippen molar-refractivity contribution in [1.29, 1.82) is 0 Å². The molecule has 2 N–H and O–H groups in total. The summed E-state index contributed by atoms with van der Waals surface area (Å²) in [5, 5.41) is 0.557. The molecule has 0 aliphatic carbocycles. The molecule has 1 rings (SSSR count). The van der Waals surface area contributed by atoms with E-state index in [1.807, 2.05) is 0 Å². The highest BCUT2D eigenvalue weighted by Gasteiger charge is 2.07. The van der Waals surface area contributed by atoms with Gasteiger partial charge >= 0.3 is 5.97 Å². The van der Waals surface area contributed by atoms with E-state index in [2.05, 4.69) is 20.7 Å². The highest BCUT2D eigenvalue weighted by molar-refractivity contribution is 9.10. The Bertz CT molecular complexity index is 418. The van der Waals surface area contributed by atoms with Crippen LogP contribution in [0.1, 0.15) is 5.56 Å². The number of carbonyl (C=O) groups is 1. The summed E-state index contributed by atoms with van der Waals surface area (Å²) in [4.78, 5) is 11.0. The zero-order valence-corrected chi connectivity index (χ0v) is 10.3. The summed E-state index contributed by atoms with van der Waals surface area (Å²) in [6.07, 6.45) is 1.50. The van der Waals surface area contributed by atoms with Crippen molar-refractivity contribution >= 4 is 39.6 Å². The maximum Gasteiger partial charge on any atom is 0.353 e. The molecule has 0 aliphatic rings. The average Bonchev–Trinajstić information content (AvgIpc) is 2.23. The monoisotopic (exact) mass is 289 g/mol. The van der Waals surface area contributed by atoms with Gasteiger partial charge in [0, 0.05) is 4.47 Å². The number of hydrogen-bond donors (Lipinski definition) is 1. The van der Waals surface area contributed by atoms with Crippen LogP contribution >= 0.6 is 27.5 Å². The third-order valence-electron chi connectivity index (χ3n) is 1.71. The second-order valence-corrected chi connectivity index (χ2v) is 3.93. The molecule has 0 heterocycles. The lowest BCUT2D eigenvalue weighted by Crippen LogP contribution is -2.12. The van der Waals surface area contributed by atoms with E-state index in [-0.39, 0.29) is 5.70 Å². The van der Waals surface area contributed by atoms with Gasteiger partial charge in [-0.1, -0.05) is 23.7 Å². The van der Waals surface area contributed by atoms with Gasteiger partial charge in [0.1, 0.15) is 5.70 Å². The van der Waals surface area contributed by atoms with E-state index >= 15 is 0 Å². The fraction of sp³-hybridized carbons (Fsp3) is 0.100. The summed E-state index contributed by atoms with van der Waals surface area (Å²) in [6.45, 7) is 0. The Morgan fingerprint density at radius 1 is 1.60 bits per heavy atom. The lowest BCUT2D eigenvalue weighted by Gasteiger charge is -2.02. The van der Waals surface area contributed by atoms with E-state index < -0.39 is 5.97 Å². The van der Waals surface area contributed by atoms with Crippen LogP contribution in [0, 0.1) is 0 Å². The number of methoxy groups -OCH3 is 1. The third kappa shape index (κ3) is 2.97. The number of ether oxygens (including phenoxy) is 1. The second kappa shape index (κ2) is 5.19. The lowest BCUT2D eigenvalue weighted by atomic mass is 10.2. The predicted octanol–water partition coefficient (Wildman–Crippen LogP) is 2.58. The van der Waals surface area contributed by atoms with Crippen molar-refractivity contribution in [3.8, 4) is 0 Å². The van der Waals surface area contributed by atoms with Crippen molar-refractivity contribution in [3.63, 3.8) is 0 Å². The largest absolute Gasteiger partial charge is 0.464 e. The van der Waals surface area contributed by atoms with Gasteiger partial charge in [0.25, 0.3) is 0 Å². The SMILES string of the molecule is COC(=O)/C(N)=C/c1cccc(Cl)c1Br. The fourth-order valence-electron chi connectivity index (χ4n) is 0.976. The van der Waals surface area contributed by atoms with Crippen LogP contribution < -0.4 is 5.73 Å². The zero-order valence-electron chi connectivity index (χ0n) is 7.96. The minimum atomic E-state index is -0.568. The number of carbonyl (C=O) groups excluding carboxylic acids is 1. The van der Waals surface area contributed by atoms with E-state index in [0.29, 0.717) is 9.50 Å². The van der Waals surface area contributed by atoms with Gasteiger partial charge < -0.3 is 10.5 Å². The summed E-state index contributed by atoms with van der Waals surface area (Å²) in [5.74, 6) is -0.568. The molecule has 0 aliphatic heterocycles. The molecule has 5 heteroatoms. The van der Waals surface area contributed by atoms with Crippen molar-refractivity contribution in [2.45, 2.75) is 0 Å². The number of nitrogens with two attached hydrogens (primary N) is 1. The maximum atomic E-state index is 11.0. The first-order chi connectivity index (χ1) is 7.06. The predicted molar refractivity (Wildman–Crippen MR) is 63.3 cm³/mol. The number of rotatable bonds is 2. The zero-order chi connectivity index (χ0) is 11.4. The van der Waals surface area contributed by atoms with Gasteiger partial charge in [-0.3, -0.25) is 0 Å². The molecule has 0 bridgehead atoms. The molecular formula is C10H9BrClNO2. The molecule has 0 saturated carbocycles. The van der Waals surface area contributed by atoms with Crippen LogP contribution in [0.15, 0.2) is 28.4 Å². The van der Waals surface area contributed by atoms with Gasteiger partial charge in [-0.25, -0.2) is 4.79 Å². The van der Waals surface area contributed by atoms with Crippen LogP contribution in [0.2, 0.25) is 5.02 Å². The van der Waals surface area contributed by atoms with E-state index in [9.17, 15) is 4.79 Å². The van der Waals surface area contributed by atoms with Crippen LogP contribution in [0.5, 0.6) is 0 Å². The molecule has 15 heavy (non-hydrogen) atoms. The Balaban J connectivity index is 3.08. The molecule has 0 amide bonds. The highest BCUT2D eigenvalue weighted by atomic mass is 79.9. The number of benzene rings is 1. The van der Waals surface area contributed by atoms with E-state index in [1.54, 1.807) is 18.2 Å². The van der Waals surface area contributed by atoms with Gasteiger partial charge in [-0.05, 0) is 33.6 Å². The van der Waals surface area contributed by atoms with E-state index in [1.165, 1.54) is 13.2 Å². The van der Waals surface area contributed by atoms with Crippen LogP contribution in [-0.4, -0.2) is 13.1 Å². The van der Waals surface area contributed by atoms with Crippen molar-refractivity contribution in [1.82, 2.24) is 0 Å². The molecule has 0 aromatic heterocycles. The van der Waals surface area contributed by atoms with Crippen molar-refractivity contribution in [3.05, 3.63) is 39.0 Å². The molecule has 80 valence electrons. The lowest BCUT2D eigenvalue weighted by molar-refractivity contribution is -0.136. The summed E-state index contributed by atoms with van der Waals surface area (Å²) >= 11 is 9.17. The normalized spacial score (nSPS) is 11.3. The minimum Gasteiger partial charge on any atom is -0.464 e. The van der Waals surface area contributed by atoms with Crippen LogP contribution in [-0.2, 0) is 9.53 Å². The number of esters is 1. The van der Waals surface area contributed by atoms with Crippen LogP contribution in [0.3, 0.4) is 0 Å². The van der Waals surface area contributed by atoms with Gasteiger partial charge in [-0.15, -0.1) is 0 Å². The van der Waals surface area contributed by atoms with Gasteiger partial charge in [0.05, 0.1) is 12.1 Å². The number of halogens is 2. The summed E-state index contributed by atoms with van der Waals surface area (Å²) in [7, 11) is 1.27. The van der Waals surface area contributed by atoms with Crippen molar-refractivity contribution in [2.75, 3.05) is 7.11 Å². The fourth-order valence-corrected chi connectivity index (χ4v) is 1.54. The van der Waals surface area contributed by atoms with Gasteiger partial charge in [0.2, 0.25) is 0 Å². The Morgan fingerprint density at radius 2 is 2.27 bits per heavy atom. The topological polar surface area (TPSA) is 52.3 Å². The maximum absolute atomic E-state index is 11.0. The third-order valence-corrected chi connectivity index (χ3v) is 3.14. The molecule has 0 spiro atoms. The van der Waals surface area contributed by atoms with E-state index in [4.69, 9.17) is 17.3 Å². The van der Waals surface area contributed by atoms with E-state index in [0.717, 1.165) is 5.56 Å². The van der Waals surface area contributed by atoms with Crippen molar-refractivity contribution in [2.24, 2.45) is 5.73 Å². The molecule has 1 aromatic rings. The summed E-state index contributed by atoms with van der Waals surface area (Å²) < 4.78 is 5.17. The molecule has 0 fully saturated rings. The summed E-state index contributed by atoms with van der Waals surface area (Å²) in [5.41, 5.74) is 6.26. The van der Waals surface area contributed by atoms with Crippen LogP contribution in [0.4, 0.5) is 0 Å². The molecule has 0 radical (unpaired) electrons. The minimum absolute atomic E-state index is 0.0282. The molecule has 0 unspecified atom stereocenters. The Morgan fingerprint density at radius 3 is 2.87 bits per heavy atom. The Labute approximate surface area is 101 Å². The Kier molecular flexibility index (Phi) is 4.17. The molecule has 3 nitrogen and oxygen atoms in total. The smallest absolute Gasteiger partial charge is 0.353 e. The summed E-state index contributed by atoms with van der Waals surface area (Å²) in [6, 6.07) is 5.28. The quantitative estimate of drug-likeness (QED) is 0.673. The molecule has 1 aromatic carbocycles. The van der Waals surface area contributed by atoms with Gasteiger partial charge in [-0.2, -0.15) is 0 Å². The first-order valence-electron chi connectivity index (χ1n) is 4.05.